The van der Waals surface area contributed by atoms with Gasteiger partial charge in [-0.2, -0.15) is 13.2 Å². The highest BCUT2D eigenvalue weighted by molar-refractivity contribution is 7.09. The third-order valence-electron chi connectivity index (χ3n) is 2.68. The van der Waals surface area contributed by atoms with Crippen molar-refractivity contribution in [2.45, 2.75) is 25.1 Å². The first-order chi connectivity index (χ1) is 12.2. The third-order valence-corrected chi connectivity index (χ3v) is 3.62. The largest absolute Gasteiger partial charge is 0.490 e. The van der Waals surface area contributed by atoms with Crippen molar-refractivity contribution >= 4 is 23.3 Å². The Morgan fingerprint density at radius 3 is 1.92 bits per heavy atom. The first-order valence-electron chi connectivity index (χ1n) is 7.34. The summed E-state index contributed by atoms with van der Waals surface area (Å²) in [5, 5.41) is 10.5. The number of carboxylic acid groups (broad SMARTS) is 1. The maximum Gasteiger partial charge on any atom is 0.490 e. The molecule has 1 aromatic carbocycles. The predicted molar refractivity (Wildman–Crippen MR) is 92.8 cm³/mol. The summed E-state index contributed by atoms with van der Waals surface area (Å²) in [7, 11) is 0.676. The van der Waals surface area contributed by atoms with Gasteiger partial charge in [-0.05, 0) is 24.3 Å². The SMILES string of the molecule is COC(=O)C(F)(F)F.NC(CCc1cccs1)C(=O)O.c1ccccc1. The number of hydrogen-bond donors (Lipinski definition) is 2. The molecular formula is C17H20F3NO4S. The fourth-order valence-corrected chi connectivity index (χ4v) is 2.10. The minimum absolute atomic E-state index is 0.510. The predicted octanol–water partition coefficient (Wildman–Crippen LogP) is 3.50. The summed E-state index contributed by atoms with van der Waals surface area (Å²) >= 11 is 1.63. The number of rotatable bonds is 4. The average Bonchev–Trinajstić information content (AvgIpc) is 3.14. The molecular weight excluding hydrogens is 371 g/mol. The van der Waals surface area contributed by atoms with Gasteiger partial charge >= 0.3 is 18.1 Å². The minimum Gasteiger partial charge on any atom is -0.480 e. The Kier molecular flexibility index (Phi) is 11.7. The number of methoxy groups -OCH3 is 1. The molecule has 0 fully saturated rings. The van der Waals surface area contributed by atoms with E-state index in [2.05, 4.69) is 4.74 Å². The van der Waals surface area contributed by atoms with Crippen molar-refractivity contribution in [1.82, 2.24) is 0 Å². The van der Waals surface area contributed by atoms with E-state index in [0.717, 1.165) is 6.42 Å². The summed E-state index contributed by atoms with van der Waals surface area (Å²) in [5.74, 6) is -3.09. The second-order valence-corrected chi connectivity index (χ2v) is 5.74. The Hall–Kier alpha value is -2.39. The standard InChI is InChI=1S/C8H11NO2S.C6H6.C3H3F3O2/c9-7(8(10)11)4-3-6-2-1-5-12-6;1-2-4-6-5-3-1;1-8-2(7)3(4,5)6/h1-2,5,7H,3-4,9H2,(H,10,11);1-6H;1H3. The molecule has 26 heavy (non-hydrogen) atoms. The number of nitrogens with two attached hydrogens (primary N) is 1. The van der Waals surface area contributed by atoms with Gasteiger partial charge < -0.3 is 15.6 Å². The van der Waals surface area contributed by atoms with Gasteiger partial charge in [-0.25, -0.2) is 4.79 Å². The molecule has 0 amide bonds. The molecule has 0 aliphatic rings. The van der Waals surface area contributed by atoms with Crippen molar-refractivity contribution in [2.75, 3.05) is 7.11 Å². The highest BCUT2D eigenvalue weighted by Gasteiger charge is 2.40. The van der Waals surface area contributed by atoms with Gasteiger partial charge in [0.1, 0.15) is 6.04 Å². The zero-order chi connectivity index (χ0) is 20.0. The van der Waals surface area contributed by atoms with Crippen LogP contribution >= 0.6 is 11.3 Å². The van der Waals surface area contributed by atoms with Crippen LogP contribution in [0, 0.1) is 0 Å². The summed E-state index contributed by atoms with van der Waals surface area (Å²) in [6.07, 6.45) is -3.59. The first-order valence-corrected chi connectivity index (χ1v) is 8.22. The average molecular weight is 391 g/mol. The lowest BCUT2D eigenvalue weighted by Gasteiger charge is -2.03. The van der Waals surface area contributed by atoms with Crippen LogP contribution in [0.4, 0.5) is 13.2 Å². The topological polar surface area (TPSA) is 89.6 Å². The quantitative estimate of drug-likeness (QED) is 0.779. The van der Waals surface area contributed by atoms with Crippen LogP contribution in [0.25, 0.3) is 0 Å². The van der Waals surface area contributed by atoms with E-state index in [-0.39, 0.29) is 0 Å². The summed E-state index contributed by atoms with van der Waals surface area (Å²) in [6.45, 7) is 0. The Morgan fingerprint density at radius 1 is 1.15 bits per heavy atom. The molecule has 3 N–H and O–H groups in total. The van der Waals surface area contributed by atoms with Gasteiger partial charge in [-0.15, -0.1) is 11.3 Å². The molecule has 2 rings (SSSR count). The normalized spacial score (nSPS) is 11.1. The summed E-state index contributed by atoms with van der Waals surface area (Å²) in [5.41, 5.74) is 5.34. The maximum absolute atomic E-state index is 11.0. The highest BCUT2D eigenvalue weighted by atomic mass is 32.1. The van der Waals surface area contributed by atoms with E-state index in [1.165, 1.54) is 4.88 Å². The second kappa shape index (κ2) is 12.9. The van der Waals surface area contributed by atoms with E-state index in [9.17, 15) is 22.8 Å². The van der Waals surface area contributed by atoms with E-state index < -0.39 is 24.2 Å². The lowest BCUT2D eigenvalue weighted by molar-refractivity contribution is -0.196. The van der Waals surface area contributed by atoms with Gasteiger partial charge in [0.25, 0.3) is 0 Å². The van der Waals surface area contributed by atoms with Crippen LogP contribution in [0.3, 0.4) is 0 Å². The number of thiophene rings is 1. The molecule has 0 aliphatic heterocycles. The molecule has 0 aliphatic carbocycles. The van der Waals surface area contributed by atoms with Gasteiger partial charge in [0.2, 0.25) is 0 Å². The summed E-state index contributed by atoms with van der Waals surface area (Å²) in [4.78, 5) is 21.0. The van der Waals surface area contributed by atoms with Crippen molar-refractivity contribution in [3.8, 4) is 0 Å². The molecule has 0 bridgehead atoms. The van der Waals surface area contributed by atoms with Gasteiger partial charge in [-0.1, -0.05) is 42.5 Å². The number of carbonyl (C=O) groups excluding carboxylic acids is 1. The number of ether oxygens (including phenoxy) is 1. The molecule has 0 radical (unpaired) electrons. The van der Waals surface area contributed by atoms with Crippen molar-refractivity contribution < 1.29 is 32.6 Å². The molecule has 1 atom stereocenters. The van der Waals surface area contributed by atoms with Crippen LogP contribution < -0.4 is 5.73 Å². The number of carboxylic acids is 1. The third kappa shape index (κ3) is 12.0. The van der Waals surface area contributed by atoms with Crippen LogP contribution in [-0.2, 0) is 20.7 Å². The van der Waals surface area contributed by atoms with Gasteiger partial charge in [0.15, 0.2) is 0 Å². The number of benzene rings is 1. The number of aliphatic carboxylic acids is 1. The van der Waals surface area contributed by atoms with E-state index in [1.54, 1.807) is 11.3 Å². The van der Waals surface area contributed by atoms with Gasteiger partial charge in [0, 0.05) is 4.88 Å². The second-order valence-electron chi connectivity index (χ2n) is 4.71. The Balaban J connectivity index is 0.000000387. The number of esters is 1. The van der Waals surface area contributed by atoms with Gasteiger partial charge in [-0.3, -0.25) is 4.79 Å². The van der Waals surface area contributed by atoms with Crippen molar-refractivity contribution in [1.29, 1.82) is 0 Å². The van der Waals surface area contributed by atoms with E-state index in [0.29, 0.717) is 13.5 Å². The van der Waals surface area contributed by atoms with E-state index >= 15 is 0 Å². The summed E-state index contributed by atoms with van der Waals surface area (Å²) < 4.78 is 36.3. The molecule has 1 aromatic heterocycles. The van der Waals surface area contributed by atoms with Crippen LogP contribution in [0.2, 0.25) is 0 Å². The molecule has 0 spiro atoms. The molecule has 0 saturated heterocycles. The van der Waals surface area contributed by atoms with Crippen LogP contribution in [-0.4, -0.2) is 36.4 Å². The lowest BCUT2D eigenvalue weighted by atomic mass is 10.1. The molecule has 144 valence electrons. The van der Waals surface area contributed by atoms with Crippen LogP contribution in [0.1, 0.15) is 11.3 Å². The Labute approximate surface area is 153 Å². The zero-order valence-corrected chi connectivity index (χ0v) is 14.8. The zero-order valence-electron chi connectivity index (χ0n) is 14.0. The Morgan fingerprint density at radius 2 is 1.65 bits per heavy atom. The fourth-order valence-electron chi connectivity index (χ4n) is 1.38. The number of carbonyl (C=O) groups is 2. The van der Waals surface area contributed by atoms with Crippen molar-refractivity contribution in [3.05, 3.63) is 58.8 Å². The molecule has 1 heterocycles. The summed E-state index contributed by atoms with van der Waals surface area (Å²) in [6, 6.07) is 15.2. The number of alkyl halides is 3. The first kappa shape index (κ1) is 23.6. The van der Waals surface area contributed by atoms with Crippen molar-refractivity contribution in [3.63, 3.8) is 0 Å². The molecule has 1 unspecified atom stereocenters. The highest BCUT2D eigenvalue weighted by Crippen LogP contribution is 2.15. The number of halogens is 3. The van der Waals surface area contributed by atoms with E-state index in [1.807, 2.05) is 53.9 Å². The van der Waals surface area contributed by atoms with Crippen LogP contribution in [0.15, 0.2) is 53.9 Å². The van der Waals surface area contributed by atoms with Crippen molar-refractivity contribution in [2.24, 2.45) is 5.73 Å². The monoisotopic (exact) mass is 391 g/mol. The molecule has 9 heteroatoms. The molecule has 5 nitrogen and oxygen atoms in total. The van der Waals surface area contributed by atoms with Gasteiger partial charge in [0.05, 0.1) is 7.11 Å². The van der Waals surface area contributed by atoms with Crippen LogP contribution in [0.5, 0.6) is 0 Å². The molecule has 2 aromatic rings. The smallest absolute Gasteiger partial charge is 0.480 e. The fraction of sp³-hybridized carbons (Fsp3) is 0.294. The van der Waals surface area contributed by atoms with E-state index in [4.69, 9.17) is 10.8 Å². The molecule has 0 saturated carbocycles. The lowest BCUT2D eigenvalue weighted by Crippen LogP contribution is -2.30. The number of aryl methyl sites for hydroxylation is 1. The Bertz CT molecular complexity index is 592. The minimum atomic E-state index is -4.85. The number of hydrogen-bond acceptors (Lipinski definition) is 5. The maximum atomic E-state index is 11.0.